The Bertz CT molecular complexity index is 552. The Labute approximate surface area is 142 Å². The van der Waals surface area contributed by atoms with E-state index in [0.717, 1.165) is 14.7 Å². The van der Waals surface area contributed by atoms with Crippen molar-refractivity contribution >= 4 is 35.5 Å². The molecule has 0 heterocycles. The van der Waals surface area contributed by atoms with Crippen LogP contribution in [0.3, 0.4) is 0 Å². The van der Waals surface area contributed by atoms with Crippen molar-refractivity contribution in [3.05, 3.63) is 48.5 Å². The van der Waals surface area contributed by atoms with E-state index in [9.17, 15) is 4.21 Å². The van der Waals surface area contributed by atoms with Crippen LogP contribution in [0.5, 0.6) is 0 Å². The van der Waals surface area contributed by atoms with Gasteiger partial charge in [-0.2, -0.15) is 0 Å². The topological polar surface area (TPSA) is 37.3 Å². The summed E-state index contributed by atoms with van der Waals surface area (Å²) in [5.74, 6) is 0. The molecule has 0 spiro atoms. The van der Waals surface area contributed by atoms with Crippen LogP contribution in [0.25, 0.3) is 0 Å². The van der Waals surface area contributed by atoms with Crippen LogP contribution in [0.1, 0.15) is 1.43 Å². The normalized spacial score (nSPS) is 11.7. The average molecular weight is 306 g/mol. The maximum atomic E-state index is 11.0. The zero-order chi connectivity index (χ0) is 12.3. The minimum absolute atomic E-state index is 0. The molecule has 0 aromatic heterocycles. The zero-order valence-corrected chi connectivity index (χ0v) is 14.3. The van der Waals surface area contributed by atoms with Crippen LogP contribution in [-0.2, 0) is 11.1 Å². The molecule has 1 N–H and O–H groups in total. The van der Waals surface area contributed by atoms with Crippen LogP contribution >= 0.6 is 24.4 Å². The number of hydrogen-bond donors (Lipinski definition) is 2. The van der Waals surface area contributed by atoms with Crippen molar-refractivity contribution in [1.82, 2.24) is 0 Å². The van der Waals surface area contributed by atoms with Crippen molar-refractivity contribution in [1.29, 1.82) is 0 Å². The molecule has 2 nitrogen and oxygen atoms in total. The predicted octanol–water partition coefficient (Wildman–Crippen LogP) is 0.824. The van der Waals surface area contributed by atoms with Crippen LogP contribution in [-0.4, -0.2) is 8.76 Å². The standard InChI is InChI=1S/C12H10O2S3.Na.H/c13-17(14)10-6-7-11(15)12(8-10)16-9-4-2-1-3-5-9;;/h1-8,15H,(H,13,14);;/q;+1;-1. The number of benzene rings is 2. The Balaban J connectivity index is 0.00000162. The molecule has 2 aromatic carbocycles. The van der Waals surface area contributed by atoms with E-state index in [0.29, 0.717) is 4.90 Å². The molecule has 0 aliphatic heterocycles. The van der Waals surface area contributed by atoms with Crippen molar-refractivity contribution in [3.63, 3.8) is 0 Å². The van der Waals surface area contributed by atoms with E-state index in [1.807, 2.05) is 30.3 Å². The summed E-state index contributed by atoms with van der Waals surface area (Å²) < 4.78 is 20.0. The van der Waals surface area contributed by atoms with Crippen LogP contribution in [0.4, 0.5) is 0 Å². The van der Waals surface area contributed by atoms with Crippen molar-refractivity contribution in [2.24, 2.45) is 0 Å². The molecule has 0 aliphatic rings. The average Bonchev–Trinajstić information content (AvgIpc) is 2.33. The van der Waals surface area contributed by atoms with E-state index in [-0.39, 0.29) is 31.0 Å². The van der Waals surface area contributed by atoms with Crippen LogP contribution in [0.2, 0.25) is 0 Å². The molecule has 1 unspecified atom stereocenters. The Morgan fingerprint density at radius 3 is 2.44 bits per heavy atom. The molecule has 6 heteroatoms. The van der Waals surface area contributed by atoms with Gasteiger partial charge >= 0.3 is 29.6 Å². The first-order valence-corrected chi connectivity index (χ1v) is 7.20. The first-order chi connectivity index (χ1) is 8.16. The summed E-state index contributed by atoms with van der Waals surface area (Å²) in [4.78, 5) is 3.14. The Kier molecular flexibility index (Phi) is 7.02. The summed E-state index contributed by atoms with van der Waals surface area (Å²) in [5, 5.41) is 0. The molecule has 2 rings (SSSR count). The fourth-order valence-corrected chi connectivity index (χ4v) is 2.96. The van der Waals surface area contributed by atoms with E-state index in [1.54, 1.807) is 18.2 Å². The molecule has 18 heavy (non-hydrogen) atoms. The molecule has 0 radical (unpaired) electrons. The van der Waals surface area contributed by atoms with Gasteiger partial charge in [0, 0.05) is 14.7 Å². The molecular formula is C12H11NaO2S3. The maximum absolute atomic E-state index is 11.0. The second-order valence-corrected chi connectivity index (χ2v) is 5.86. The van der Waals surface area contributed by atoms with Gasteiger partial charge in [-0.25, -0.2) is 4.21 Å². The minimum atomic E-state index is -1.95. The minimum Gasteiger partial charge on any atom is -1.00 e. The molecule has 90 valence electrons. The van der Waals surface area contributed by atoms with Crippen molar-refractivity contribution in [2.75, 3.05) is 0 Å². The van der Waals surface area contributed by atoms with E-state index in [4.69, 9.17) is 4.55 Å². The van der Waals surface area contributed by atoms with Crippen LogP contribution in [0.15, 0.2) is 68.1 Å². The van der Waals surface area contributed by atoms with Gasteiger partial charge in [-0.3, -0.25) is 0 Å². The van der Waals surface area contributed by atoms with Gasteiger partial charge in [-0.1, -0.05) is 30.0 Å². The largest absolute Gasteiger partial charge is 1.00 e. The summed E-state index contributed by atoms with van der Waals surface area (Å²) >= 11 is 3.91. The first kappa shape index (κ1) is 16.3. The van der Waals surface area contributed by atoms with Crippen molar-refractivity contribution in [2.45, 2.75) is 19.6 Å². The van der Waals surface area contributed by atoms with Crippen LogP contribution < -0.4 is 29.6 Å². The molecule has 0 fully saturated rings. The summed E-state index contributed by atoms with van der Waals surface area (Å²) in [7, 11) is 0. The van der Waals surface area contributed by atoms with Gasteiger partial charge in [0.15, 0.2) is 11.1 Å². The van der Waals surface area contributed by atoms with E-state index in [1.165, 1.54) is 11.8 Å². The first-order valence-electron chi connectivity index (χ1n) is 4.83. The van der Waals surface area contributed by atoms with Crippen molar-refractivity contribution in [3.8, 4) is 0 Å². The second kappa shape index (κ2) is 7.75. The quantitative estimate of drug-likeness (QED) is 0.501. The zero-order valence-electron chi connectivity index (χ0n) is 10.7. The smallest absolute Gasteiger partial charge is 1.00 e. The predicted molar refractivity (Wildman–Crippen MR) is 74.4 cm³/mol. The van der Waals surface area contributed by atoms with Gasteiger partial charge in [0.25, 0.3) is 0 Å². The maximum Gasteiger partial charge on any atom is 1.00 e. The van der Waals surface area contributed by atoms with Gasteiger partial charge < -0.3 is 5.98 Å². The number of thiol groups is 1. The molecule has 2 aromatic rings. The monoisotopic (exact) mass is 306 g/mol. The Morgan fingerprint density at radius 2 is 1.83 bits per heavy atom. The van der Waals surface area contributed by atoms with Gasteiger partial charge in [0.1, 0.15) is 0 Å². The molecule has 0 saturated carbocycles. The molecule has 0 amide bonds. The van der Waals surface area contributed by atoms with E-state index >= 15 is 0 Å². The third kappa shape index (κ3) is 4.42. The Morgan fingerprint density at radius 1 is 1.17 bits per heavy atom. The molecule has 0 bridgehead atoms. The fraction of sp³-hybridized carbons (Fsp3) is 0. The molecular weight excluding hydrogens is 295 g/mol. The second-order valence-electron chi connectivity index (χ2n) is 3.29. The van der Waals surface area contributed by atoms with Gasteiger partial charge in [-0.05, 0) is 30.3 Å². The molecule has 0 aliphatic carbocycles. The van der Waals surface area contributed by atoms with Gasteiger partial charge in [0.05, 0.1) is 4.90 Å². The molecule has 1 atom stereocenters. The number of rotatable bonds is 3. The molecule has 0 saturated heterocycles. The fourth-order valence-electron chi connectivity index (χ4n) is 1.30. The van der Waals surface area contributed by atoms with E-state index in [2.05, 4.69) is 12.6 Å². The summed E-state index contributed by atoms with van der Waals surface area (Å²) in [6, 6.07) is 14.9. The van der Waals surface area contributed by atoms with Crippen LogP contribution in [0, 0.1) is 0 Å². The summed E-state index contributed by atoms with van der Waals surface area (Å²) in [5.41, 5.74) is 0. The van der Waals surface area contributed by atoms with Gasteiger partial charge in [-0.15, -0.1) is 12.6 Å². The third-order valence-electron chi connectivity index (χ3n) is 2.10. The third-order valence-corrected chi connectivity index (χ3v) is 4.37. The van der Waals surface area contributed by atoms with Gasteiger partial charge in [0.2, 0.25) is 0 Å². The number of hydrogen-bond acceptors (Lipinski definition) is 3. The van der Waals surface area contributed by atoms with Crippen molar-refractivity contribution < 1.29 is 39.7 Å². The SMILES string of the molecule is O=S(O)c1ccc(S)c(Sc2ccccc2)c1.[H-].[Na+]. The Hall–Kier alpha value is 0.250. The summed E-state index contributed by atoms with van der Waals surface area (Å²) in [6.45, 7) is 0. The summed E-state index contributed by atoms with van der Waals surface area (Å²) in [6.07, 6.45) is 0. The van der Waals surface area contributed by atoms with E-state index < -0.39 is 11.1 Å².